The molecule has 0 fully saturated rings. The number of thioether (sulfide) groups is 1. The summed E-state index contributed by atoms with van der Waals surface area (Å²) in [5, 5.41) is 21.1. The topological polar surface area (TPSA) is 87.5 Å². The first kappa shape index (κ1) is 15.1. The number of hydrogen-bond acceptors (Lipinski definition) is 8. The van der Waals surface area contributed by atoms with Crippen LogP contribution in [0.25, 0.3) is 11.0 Å². The van der Waals surface area contributed by atoms with Crippen LogP contribution in [-0.4, -0.2) is 10.3 Å². The van der Waals surface area contributed by atoms with Gasteiger partial charge in [0.1, 0.15) is 11.3 Å². The summed E-state index contributed by atoms with van der Waals surface area (Å²) in [7, 11) is 0. The molecule has 0 radical (unpaired) electrons. The monoisotopic (exact) mass is 357 g/mol. The van der Waals surface area contributed by atoms with Crippen LogP contribution >= 0.6 is 23.1 Å². The van der Waals surface area contributed by atoms with E-state index in [2.05, 4.69) is 15.2 Å². The average Bonchev–Trinajstić information content (AvgIpc) is 3.23. The van der Waals surface area contributed by atoms with Crippen molar-refractivity contribution >= 4 is 39.2 Å². The number of nitrogens with zero attached hydrogens (tertiary/aromatic N) is 3. The number of phenols is 1. The van der Waals surface area contributed by atoms with Crippen molar-refractivity contribution in [3.05, 3.63) is 62.6 Å². The lowest BCUT2D eigenvalue weighted by atomic mass is 10.1. The Bertz CT molecular complexity index is 1010. The Hall–Kier alpha value is -2.45. The predicted molar refractivity (Wildman–Crippen MR) is 94.8 cm³/mol. The van der Waals surface area contributed by atoms with E-state index in [1.54, 1.807) is 23.5 Å². The lowest BCUT2D eigenvalue weighted by Gasteiger charge is -2.04. The third-order valence-electron chi connectivity index (χ3n) is 3.45. The molecule has 2 aromatic heterocycles. The van der Waals surface area contributed by atoms with Crippen LogP contribution in [0.1, 0.15) is 16.6 Å². The van der Waals surface area contributed by atoms with Crippen molar-refractivity contribution in [3.8, 4) is 5.75 Å². The molecule has 8 heteroatoms. The molecule has 1 aliphatic rings. The Morgan fingerprint density at radius 2 is 2.21 bits per heavy atom. The maximum atomic E-state index is 11.7. The molecule has 0 bridgehead atoms. The van der Waals surface area contributed by atoms with E-state index in [0.717, 1.165) is 15.8 Å². The zero-order chi connectivity index (χ0) is 16.5. The van der Waals surface area contributed by atoms with Crippen molar-refractivity contribution in [1.29, 1.82) is 0 Å². The minimum absolute atomic E-state index is 0.0585. The van der Waals surface area contributed by atoms with Crippen molar-refractivity contribution in [2.45, 2.75) is 11.9 Å². The second kappa shape index (κ2) is 6.21. The Labute approximate surface area is 144 Å². The fourth-order valence-electron chi connectivity index (χ4n) is 2.37. The summed E-state index contributed by atoms with van der Waals surface area (Å²) in [6.07, 6.45) is -0.262. The van der Waals surface area contributed by atoms with Gasteiger partial charge in [0.05, 0.1) is 4.88 Å². The maximum Gasteiger partial charge on any atom is 0.336 e. The van der Waals surface area contributed by atoms with Gasteiger partial charge in [0.2, 0.25) is 5.17 Å². The summed E-state index contributed by atoms with van der Waals surface area (Å²) >= 11 is 3.01. The van der Waals surface area contributed by atoms with Gasteiger partial charge in [-0.3, -0.25) is 0 Å². The minimum Gasteiger partial charge on any atom is -0.508 e. The molecule has 24 heavy (non-hydrogen) atoms. The van der Waals surface area contributed by atoms with Gasteiger partial charge in [0.25, 0.3) is 0 Å². The summed E-state index contributed by atoms with van der Waals surface area (Å²) in [5.74, 6) is 0.574. The first-order valence-electron chi connectivity index (χ1n) is 7.10. The molecule has 4 rings (SSSR count). The number of aromatic hydroxyl groups is 1. The van der Waals surface area contributed by atoms with Gasteiger partial charge in [-0.2, -0.15) is 5.11 Å². The molecule has 0 amide bonds. The number of phenolic OH excluding ortho intramolecular Hbond substituents is 1. The van der Waals surface area contributed by atoms with Crippen LogP contribution in [0.4, 0.5) is 0 Å². The standard InChI is InChI=1S/C16H11N3O3S2/c20-10-3-4-11-9(6-14(21)22-12(11)7-10)8-24-16-17-15(18-19-16)13-2-1-5-23-13/h1-7,15,20H,8H2. The summed E-state index contributed by atoms with van der Waals surface area (Å²) in [6.45, 7) is 0. The Morgan fingerprint density at radius 3 is 3.04 bits per heavy atom. The molecule has 1 aromatic carbocycles. The Kier molecular flexibility index (Phi) is 3.91. The van der Waals surface area contributed by atoms with Crippen LogP contribution < -0.4 is 5.63 Å². The van der Waals surface area contributed by atoms with Gasteiger partial charge in [-0.25, -0.2) is 9.79 Å². The molecule has 120 valence electrons. The molecule has 0 aliphatic carbocycles. The number of aliphatic imine (C=N–C) groups is 1. The molecule has 0 saturated heterocycles. The van der Waals surface area contributed by atoms with E-state index in [-0.39, 0.29) is 11.9 Å². The largest absolute Gasteiger partial charge is 0.508 e. The fraction of sp³-hybridized carbons (Fsp3) is 0.125. The van der Waals surface area contributed by atoms with E-state index < -0.39 is 5.63 Å². The van der Waals surface area contributed by atoms with Crippen molar-refractivity contribution in [1.82, 2.24) is 0 Å². The Morgan fingerprint density at radius 1 is 1.29 bits per heavy atom. The second-order valence-electron chi connectivity index (χ2n) is 5.08. The third kappa shape index (κ3) is 2.98. The molecular weight excluding hydrogens is 346 g/mol. The smallest absolute Gasteiger partial charge is 0.336 e. The van der Waals surface area contributed by atoms with Crippen LogP contribution in [-0.2, 0) is 5.75 Å². The van der Waals surface area contributed by atoms with Crippen LogP contribution in [0.2, 0.25) is 0 Å². The van der Waals surface area contributed by atoms with E-state index in [4.69, 9.17) is 4.42 Å². The summed E-state index contributed by atoms with van der Waals surface area (Å²) in [5.41, 5.74) is 0.725. The first-order valence-corrected chi connectivity index (χ1v) is 8.96. The third-order valence-corrected chi connectivity index (χ3v) is 5.27. The number of amidine groups is 1. The average molecular weight is 357 g/mol. The van der Waals surface area contributed by atoms with E-state index in [1.165, 1.54) is 23.9 Å². The zero-order valence-electron chi connectivity index (χ0n) is 12.2. The van der Waals surface area contributed by atoms with E-state index in [0.29, 0.717) is 16.5 Å². The van der Waals surface area contributed by atoms with Gasteiger partial charge in [0.15, 0.2) is 6.17 Å². The van der Waals surface area contributed by atoms with Crippen molar-refractivity contribution in [2.24, 2.45) is 15.2 Å². The molecule has 1 atom stereocenters. The van der Waals surface area contributed by atoms with Gasteiger partial charge < -0.3 is 9.52 Å². The minimum atomic E-state index is -0.449. The summed E-state index contributed by atoms with van der Waals surface area (Å²) < 4.78 is 5.13. The zero-order valence-corrected chi connectivity index (χ0v) is 13.9. The lowest BCUT2D eigenvalue weighted by molar-refractivity contribution is 0.473. The quantitative estimate of drug-likeness (QED) is 0.707. The van der Waals surface area contributed by atoms with E-state index in [9.17, 15) is 9.90 Å². The summed E-state index contributed by atoms with van der Waals surface area (Å²) in [6, 6.07) is 10.1. The fourth-order valence-corrected chi connectivity index (χ4v) is 3.86. The van der Waals surface area contributed by atoms with Gasteiger partial charge in [0, 0.05) is 23.3 Å². The van der Waals surface area contributed by atoms with Crippen LogP contribution in [0.5, 0.6) is 5.75 Å². The molecule has 3 heterocycles. The van der Waals surface area contributed by atoms with E-state index >= 15 is 0 Å². The molecule has 0 spiro atoms. The van der Waals surface area contributed by atoms with Crippen LogP contribution in [0, 0.1) is 0 Å². The highest BCUT2D eigenvalue weighted by Gasteiger charge is 2.18. The van der Waals surface area contributed by atoms with Gasteiger partial charge in [-0.1, -0.05) is 17.8 Å². The first-order chi connectivity index (χ1) is 11.7. The molecule has 3 aromatic rings. The summed E-state index contributed by atoms with van der Waals surface area (Å²) in [4.78, 5) is 17.2. The van der Waals surface area contributed by atoms with Crippen LogP contribution in [0.3, 0.4) is 0 Å². The van der Waals surface area contributed by atoms with Crippen LogP contribution in [0.15, 0.2) is 66.2 Å². The second-order valence-corrected chi connectivity index (χ2v) is 7.00. The molecule has 6 nitrogen and oxygen atoms in total. The van der Waals surface area contributed by atoms with Crippen molar-refractivity contribution < 1.29 is 9.52 Å². The number of benzene rings is 1. The number of fused-ring (bicyclic) bond motifs is 1. The molecule has 0 saturated carbocycles. The number of thiophene rings is 1. The number of azo groups is 1. The van der Waals surface area contributed by atoms with Crippen molar-refractivity contribution in [3.63, 3.8) is 0 Å². The van der Waals surface area contributed by atoms with Crippen molar-refractivity contribution in [2.75, 3.05) is 0 Å². The Balaban J connectivity index is 1.57. The van der Waals surface area contributed by atoms with Gasteiger partial charge in [-0.05, 0) is 29.1 Å². The van der Waals surface area contributed by atoms with Gasteiger partial charge >= 0.3 is 5.63 Å². The highest BCUT2D eigenvalue weighted by Crippen LogP contribution is 2.32. The maximum absolute atomic E-state index is 11.7. The highest BCUT2D eigenvalue weighted by molar-refractivity contribution is 8.13. The van der Waals surface area contributed by atoms with E-state index in [1.807, 2.05) is 17.5 Å². The molecule has 1 N–H and O–H groups in total. The number of rotatable bonds is 3. The van der Waals surface area contributed by atoms with Gasteiger partial charge in [-0.15, -0.1) is 16.5 Å². The predicted octanol–water partition coefficient (Wildman–Crippen LogP) is 4.31. The number of hydrogen-bond donors (Lipinski definition) is 1. The molecule has 1 aliphatic heterocycles. The SMILES string of the molecule is O=c1cc(CSC2=NC(c3cccs3)N=N2)c2ccc(O)cc2o1. The normalized spacial score (nSPS) is 16.7. The molecular formula is C16H11N3O3S2. The highest BCUT2D eigenvalue weighted by atomic mass is 32.2. The molecule has 1 unspecified atom stereocenters. The lowest BCUT2D eigenvalue weighted by Crippen LogP contribution is -2.00.